The molecule has 0 N–H and O–H groups in total. The molecule has 0 aliphatic heterocycles. The van der Waals surface area contributed by atoms with Crippen LogP contribution in [0.15, 0.2) is 0 Å². The van der Waals surface area contributed by atoms with Crippen LogP contribution >= 0.6 is 0 Å². The van der Waals surface area contributed by atoms with Crippen molar-refractivity contribution in [3.63, 3.8) is 0 Å². The minimum absolute atomic E-state index is 0. The fourth-order valence-corrected chi connectivity index (χ4v) is 2.00. The highest BCUT2D eigenvalue weighted by Gasteiger charge is 1.88. The van der Waals surface area contributed by atoms with E-state index in [-0.39, 0.29) is 14.5 Å². The molecule has 0 atom stereocenters. The van der Waals surface area contributed by atoms with Gasteiger partial charge >= 0.3 is 0 Å². The molecule has 0 unspecified atom stereocenters. The molecule has 0 saturated carbocycles. The Morgan fingerprint density at radius 2 is 1.82 bits per heavy atom. The van der Waals surface area contributed by atoms with E-state index < -0.39 is 0 Å². The van der Waals surface area contributed by atoms with Gasteiger partial charge in [-0.3, -0.25) is 4.70 Å². The number of halogens is 1. The van der Waals surface area contributed by atoms with Gasteiger partial charge in [-0.1, -0.05) is 32.6 Å². The Labute approximate surface area is 71.8 Å². The van der Waals surface area contributed by atoms with Crippen LogP contribution in [0.4, 0.5) is 4.70 Å². The summed E-state index contributed by atoms with van der Waals surface area (Å²) in [6.07, 6.45) is 5.56. The van der Waals surface area contributed by atoms with Crippen LogP contribution in [0, 0.1) is 0 Å². The lowest BCUT2D eigenvalue weighted by Crippen LogP contribution is -1.96. The van der Waals surface area contributed by atoms with Crippen molar-refractivity contribution in [2.45, 2.75) is 45.6 Å². The molecule has 0 rings (SSSR count). The minimum atomic E-state index is -0.117. The molecule has 11 heavy (non-hydrogen) atoms. The summed E-state index contributed by atoms with van der Waals surface area (Å²) >= 11 is 0. The fourth-order valence-electron chi connectivity index (χ4n) is 0.952. The summed E-state index contributed by atoms with van der Waals surface area (Å²) in [4.78, 5) is 0. The first-order valence-corrected chi connectivity index (χ1v) is 6.07. The molecule has 0 fully saturated rings. The molecule has 0 aliphatic rings. The Hall–Kier alpha value is 0.107. The lowest BCUT2D eigenvalue weighted by atomic mass is 10.2. The third-order valence-electron chi connectivity index (χ3n) is 1.60. The number of hydrogen-bond donors (Lipinski definition) is 0. The lowest BCUT2D eigenvalue weighted by molar-refractivity contribution is 0.358. The highest BCUT2D eigenvalue weighted by Crippen LogP contribution is 2.01. The van der Waals surface area contributed by atoms with Crippen LogP contribution in [0.3, 0.4) is 0 Å². The maximum atomic E-state index is 5.35. The van der Waals surface area contributed by atoms with Crippen LogP contribution in [-0.2, 0) is 4.43 Å². The van der Waals surface area contributed by atoms with Gasteiger partial charge < -0.3 is 4.43 Å². The zero-order valence-electron chi connectivity index (χ0n) is 7.77. The van der Waals surface area contributed by atoms with Gasteiger partial charge in [0.25, 0.3) is 0 Å². The number of unbranched alkanes of at least 4 members (excludes halogenated alkanes) is 3. The topological polar surface area (TPSA) is 9.23 Å². The van der Waals surface area contributed by atoms with E-state index in [1.165, 1.54) is 31.7 Å². The molecule has 0 heterocycles. The van der Waals surface area contributed by atoms with Gasteiger partial charge in [-0.05, 0) is 13.0 Å². The van der Waals surface area contributed by atoms with Crippen molar-refractivity contribution >= 4 is 9.76 Å². The van der Waals surface area contributed by atoms with Crippen molar-refractivity contribution in [1.29, 1.82) is 0 Å². The van der Waals surface area contributed by atoms with Gasteiger partial charge in [0.15, 0.2) is 9.76 Å². The predicted octanol–water partition coefficient (Wildman–Crippen LogP) is 2.26. The summed E-state index contributed by atoms with van der Waals surface area (Å²) in [5.74, 6) is 0. The molecule has 3 heteroatoms. The van der Waals surface area contributed by atoms with Crippen LogP contribution < -0.4 is 0 Å². The molecule has 1 nitrogen and oxygen atoms in total. The Bertz CT molecular complexity index is 54.1. The predicted molar refractivity (Wildman–Crippen MR) is 51.6 cm³/mol. The molecule has 0 aromatic rings. The highest BCUT2D eigenvalue weighted by atomic mass is 28.2. The summed E-state index contributed by atoms with van der Waals surface area (Å²) in [7, 11) is -0.117. The summed E-state index contributed by atoms with van der Waals surface area (Å²) in [6, 6.07) is 1.38. The second kappa shape index (κ2) is 12.8. The van der Waals surface area contributed by atoms with Gasteiger partial charge in [0.05, 0.1) is 0 Å². The zero-order chi connectivity index (χ0) is 7.66. The average Bonchev–Trinajstić information content (AvgIpc) is 1.97. The normalized spacial score (nSPS) is 10.4. The van der Waals surface area contributed by atoms with Gasteiger partial charge in [0.1, 0.15) is 0 Å². The first-order chi connectivity index (χ1) is 4.91. The van der Waals surface area contributed by atoms with Crippen LogP contribution in [-0.4, -0.2) is 16.4 Å². The summed E-state index contributed by atoms with van der Waals surface area (Å²) in [5, 5.41) is 0. The number of hydrogen-bond acceptors (Lipinski definition) is 1. The molecule has 0 radical (unpaired) electrons. The molecular weight excluding hydrogens is 159 g/mol. The second-order valence-corrected chi connectivity index (χ2v) is 4.13. The van der Waals surface area contributed by atoms with Crippen molar-refractivity contribution in [2.24, 2.45) is 0 Å². The molecule has 0 amide bonds. The highest BCUT2D eigenvalue weighted by molar-refractivity contribution is 6.26. The fraction of sp³-hybridized carbons (Fsp3) is 1.00. The van der Waals surface area contributed by atoms with E-state index >= 15 is 0 Å². The van der Waals surface area contributed by atoms with E-state index in [2.05, 4.69) is 13.8 Å². The molecule has 0 aliphatic carbocycles. The Kier molecular flexibility index (Phi) is 15.9. The largest absolute Gasteiger partial charge is 0.424 e. The summed E-state index contributed by atoms with van der Waals surface area (Å²) in [6.45, 7) is 5.26. The zero-order valence-corrected chi connectivity index (χ0v) is 9.18. The third kappa shape index (κ3) is 13.2. The van der Waals surface area contributed by atoms with Crippen LogP contribution in [0.1, 0.15) is 39.5 Å². The third-order valence-corrected chi connectivity index (χ3v) is 3.08. The first-order valence-electron chi connectivity index (χ1n) is 4.49. The first kappa shape index (κ1) is 13.7. The quantitative estimate of drug-likeness (QED) is 0.431. The molecule has 70 valence electrons. The lowest BCUT2D eigenvalue weighted by Gasteiger charge is -1.98. The molecular formula is C8H21FOSi. The Morgan fingerprint density at radius 3 is 2.36 bits per heavy atom. The van der Waals surface area contributed by atoms with Crippen molar-refractivity contribution in [3.05, 3.63) is 0 Å². The molecule has 0 bridgehead atoms. The van der Waals surface area contributed by atoms with Crippen molar-refractivity contribution in [3.8, 4) is 0 Å². The van der Waals surface area contributed by atoms with E-state index in [1.54, 1.807) is 0 Å². The maximum absolute atomic E-state index is 5.35. The molecule has 0 aromatic carbocycles. The molecule has 0 saturated heterocycles. The van der Waals surface area contributed by atoms with Gasteiger partial charge in [0.2, 0.25) is 0 Å². The van der Waals surface area contributed by atoms with Gasteiger partial charge in [-0.15, -0.1) is 0 Å². The number of rotatable bonds is 7. The van der Waals surface area contributed by atoms with E-state index in [4.69, 9.17) is 4.43 Å². The van der Waals surface area contributed by atoms with E-state index in [0.717, 1.165) is 6.61 Å². The average molecular weight is 180 g/mol. The van der Waals surface area contributed by atoms with Crippen LogP contribution in [0.5, 0.6) is 0 Å². The second-order valence-electron chi connectivity index (χ2n) is 2.61. The maximum Gasteiger partial charge on any atom is 0.161 e. The van der Waals surface area contributed by atoms with Crippen molar-refractivity contribution in [1.82, 2.24) is 0 Å². The monoisotopic (exact) mass is 180 g/mol. The van der Waals surface area contributed by atoms with Crippen molar-refractivity contribution < 1.29 is 9.13 Å². The summed E-state index contributed by atoms with van der Waals surface area (Å²) in [5.41, 5.74) is 0. The Morgan fingerprint density at radius 1 is 1.09 bits per heavy atom. The molecule has 0 spiro atoms. The standard InChI is InChI=1S/C8H20OSi.FH/c1-3-5-6-7-8-10-9-4-2;/h3-8,10H2,1-2H3;1H. The van der Waals surface area contributed by atoms with Gasteiger partial charge in [-0.2, -0.15) is 0 Å². The summed E-state index contributed by atoms with van der Waals surface area (Å²) < 4.78 is 5.35. The smallest absolute Gasteiger partial charge is 0.161 e. The van der Waals surface area contributed by atoms with Crippen LogP contribution in [0.25, 0.3) is 0 Å². The SMILES string of the molecule is CCCCCC[SiH2]OCC.F. The van der Waals surface area contributed by atoms with Crippen LogP contribution in [0.2, 0.25) is 6.04 Å². The van der Waals surface area contributed by atoms with Crippen molar-refractivity contribution in [2.75, 3.05) is 6.61 Å². The Balaban J connectivity index is 0. The van der Waals surface area contributed by atoms with E-state index in [9.17, 15) is 0 Å². The van der Waals surface area contributed by atoms with E-state index in [1.807, 2.05) is 0 Å². The van der Waals surface area contributed by atoms with Gasteiger partial charge in [0, 0.05) is 6.61 Å². The van der Waals surface area contributed by atoms with Gasteiger partial charge in [-0.25, -0.2) is 0 Å². The molecule has 0 aromatic heterocycles. The minimum Gasteiger partial charge on any atom is -0.424 e. The van der Waals surface area contributed by atoms with E-state index in [0.29, 0.717) is 0 Å².